The molecule has 0 radical (unpaired) electrons. The second-order valence-electron chi connectivity index (χ2n) is 7.78. The molecule has 154 valence electrons. The van der Waals surface area contributed by atoms with Crippen LogP contribution in [0.2, 0.25) is 0 Å². The predicted octanol–water partition coefficient (Wildman–Crippen LogP) is 4.87. The summed E-state index contributed by atoms with van der Waals surface area (Å²) in [7, 11) is 0. The van der Waals surface area contributed by atoms with E-state index < -0.39 is 0 Å². The summed E-state index contributed by atoms with van der Waals surface area (Å²) in [5, 5.41) is 4.10. The van der Waals surface area contributed by atoms with Crippen molar-refractivity contribution in [1.29, 1.82) is 0 Å². The average molecular weight is 409 g/mol. The van der Waals surface area contributed by atoms with Crippen LogP contribution in [0, 0.1) is 0 Å². The van der Waals surface area contributed by atoms with Crippen molar-refractivity contribution in [2.24, 2.45) is 0 Å². The van der Waals surface area contributed by atoms with E-state index >= 15 is 0 Å². The summed E-state index contributed by atoms with van der Waals surface area (Å²) < 4.78 is 2.09. The van der Waals surface area contributed by atoms with Crippen LogP contribution < -0.4 is 10.2 Å². The van der Waals surface area contributed by atoms with E-state index in [1.165, 1.54) is 10.9 Å². The maximum Gasteiger partial charge on any atom is 0.258 e. The molecule has 0 fully saturated rings. The number of hydrogen-bond donors (Lipinski definition) is 1. The Morgan fingerprint density at radius 2 is 1.65 bits per heavy atom. The van der Waals surface area contributed by atoms with Gasteiger partial charge in [0, 0.05) is 48.2 Å². The van der Waals surface area contributed by atoms with E-state index in [4.69, 9.17) is 0 Å². The van der Waals surface area contributed by atoms with Crippen LogP contribution in [0.1, 0.15) is 22.3 Å². The standard InChI is InChI=1S/C26H23N3O2/c30-25(15-17-28-16-13-19-5-1-3-7-23(19)28)27-22-11-9-21(10-12-22)26(31)29-18-14-20-6-2-4-8-24(20)29/h1-13,16H,14-15,17-18H2,(H,27,30). The maximum atomic E-state index is 12.9. The third-order valence-electron chi connectivity index (χ3n) is 5.81. The first-order valence-corrected chi connectivity index (χ1v) is 10.5. The molecule has 0 atom stereocenters. The molecule has 0 aliphatic carbocycles. The minimum Gasteiger partial charge on any atom is -0.347 e. The minimum atomic E-state index is -0.0506. The van der Waals surface area contributed by atoms with Gasteiger partial charge in [0.1, 0.15) is 0 Å². The number of aryl methyl sites for hydroxylation is 1. The van der Waals surface area contributed by atoms with Crippen molar-refractivity contribution in [3.8, 4) is 0 Å². The van der Waals surface area contributed by atoms with E-state index in [9.17, 15) is 9.59 Å². The molecule has 0 unspecified atom stereocenters. The van der Waals surface area contributed by atoms with Crippen molar-refractivity contribution in [2.75, 3.05) is 16.8 Å². The molecular weight excluding hydrogens is 386 g/mol. The zero-order chi connectivity index (χ0) is 21.2. The monoisotopic (exact) mass is 409 g/mol. The number of carbonyl (C=O) groups excluding carboxylic acids is 2. The van der Waals surface area contributed by atoms with Crippen molar-refractivity contribution >= 4 is 34.1 Å². The molecule has 0 bridgehead atoms. The van der Waals surface area contributed by atoms with Gasteiger partial charge >= 0.3 is 0 Å². The molecular formula is C26H23N3O2. The van der Waals surface area contributed by atoms with Crippen LogP contribution in [-0.2, 0) is 17.8 Å². The SMILES string of the molecule is O=C(CCn1ccc2ccccc21)Nc1ccc(C(=O)N2CCc3ccccc32)cc1. The second kappa shape index (κ2) is 8.11. The van der Waals surface area contributed by atoms with Gasteiger partial charge in [0.05, 0.1) is 0 Å². The van der Waals surface area contributed by atoms with Crippen LogP contribution in [0.25, 0.3) is 10.9 Å². The third kappa shape index (κ3) is 3.82. The number of benzene rings is 3. The van der Waals surface area contributed by atoms with E-state index in [2.05, 4.69) is 34.1 Å². The maximum absolute atomic E-state index is 12.9. The number of nitrogens with one attached hydrogen (secondary N) is 1. The molecule has 4 aromatic rings. The normalized spacial score (nSPS) is 12.7. The number of nitrogens with zero attached hydrogens (tertiary/aromatic N) is 2. The van der Waals surface area contributed by atoms with Crippen LogP contribution in [0.15, 0.2) is 85.1 Å². The number of anilines is 2. The van der Waals surface area contributed by atoms with E-state index in [-0.39, 0.29) is 11.8 Å². The summed E-state index contributed by atoms with van der Waals surface area (Å²) in [6, 6.07) is 25.3. The largest absolute Gasteiger partial charge is 0.347 e. The predicted molar refractivity (Wildman–Crippen MR) is 123 cm³/mol. The molecule has 1 aliphatic heterocycles. The van der Waals surface area contributed by atoms with Crippen molar-refractivity contribution in [3.63, 3.8) is 0 Å². The van der Waals surface area contributed by atoms with E-state index in [0.717, 1.165) is 17.6 Å². The fourth-order valence-electron chi connectivity index (χ4n) is 4.18. The van der Waals surface area contributed by atoms with E-state index in [0.29, 0.717) is 30.8 Å². The number of rotatable bonds is 5. The molecule has 31 heavy (non-hydrogen) atoms. The number of fused-ring (bicyclic) bond motifs is 2. The van der Waals surface area contributed by atoms with Gasteiger partial charge in [0.15, 0.2) is 0 Å². The van der Waals surface area contributed by atoms with Crippen molar-refractivity contribution in [3.05, 3.63) is 96.2 Å². The zero-order valence-electron chi connectivity index (χ0n) is 17.1. The second-order valence-corrected chi connectivity index (χ2v) is 7.78. The molecule has 1 aliphatic rings. The zero-order valence-corrected chi connectivity index (χ0v) is 17.1. The summed E-state index contributed by atoms with van der Waals surface area (Å²) in [4.78, 5) is 27.2. The van der Waals surface area contributed by atoms with Gasteiger partial charge in [-0.3, -0.25) is 9.59 Å². The highest BCUT2D eigenvalue weighted by atomic mass is 16.2. The Morgan fingerprint density at radius 3 is 2.52 bits per heavy atom. The summed E-state index contributed by atoms with van der Waals surface area (Å²) in [6.07, 6.45) is 3.27. The molecule has 5 heteroatoms. The van der Waals surface area contributed by atoms with Gasteiger partial charge in [-0.15, -0.1) is 0 Å². The highest BCUT2D eigenvalue weighted by Crippen LogP contribution is 2.29. The molecule has 3 aromatic carbocycles. The molecule has 1 aromatic heterocycles. The molecule has 2 amide bonds. The summed E-state index contributed by atoms with van der Waals surface area (Å²) >= 11 is 0. The number of para-hydroxylation sites is 2. The Morgan fingerprint density at radius 1 is 0.871 bits per heavy atom. The molecule has 0 saturated carbocycles. The van der Waals surface area contributed by atoms with Gasteiger partial charge in [-0.1, -0.05) is 36.4 Å². The van der Waals surface area contributed by atoms with E-state index in [1.807, 2.05) is 41.4 Å². The third-order valence-corrected chi connectivity index (χ3v) is 5.81. The van der Waals surface area contributed by atoms with Crippen molar-refractivity contribution in [1.82, 2.24) is 4.57 Å². The molecule has 5 nitrogen and oxygen atoms in total. The number of carbonyl (C=O) groups is 2. The van der Waals surface area contributed by atoms with Gasteiger partial charge < -0.3 is 14.8 Å². The Kier molecular flexibility index (Phi) is 5.00. The van der Waals surface area contributed by atoms with Gasteiger partial charge in [0.25, 0.3) is 5.91 Å². The Labute approximate surface area is 180 Å². The van der Waals surface area contributed by atoms with Crippen LogP contribution in [0.5, 0.6) is 0 Å². The van der Waals surface area contributed by atoms with Gasteiger partial charge in [-0.25, -0.2) is 0 Å². The lowest BCUT2D eigenvalue weighted by Crippen LogP contribution is -2.28. The summed E-state index contributed by atoms with van der Waals surface area (Å²) in [5.74, 6) is -0.0624. The lowest BCUT2D eigenvalue weighted by atomic mass is 10.1. The summed E-state index contributed by atoms with van der Waals surface area (Å²) in [6.45, 7) is 1.31. The molecule has 0 saturated heterocycles. The van der Waals surface area contributed by atoms with Gasteiger partial charge in [0.2, 0.25) is 5.91 Å². The number of amides is 2. The molecule has 0 spiro atoms. The number of hydrogen-bond acceptors (Lipinski definition) is 2. The van der Waals surface area contributed by atoms with Gasteiger partial charge in [-0.05, 0) is 59.8 Å². The highest BCUT2D eigenvalue weighted by Gasteiger charge is 2.24. The van der Waals surface area contributed by atoms with Crippen molar-refractivity contribution < 1.29 is 9.59 Å². The smallest absolute Gasteiger partial charge is 0.258 e. The lowest BCUT2D eigenvalue weighted by molar-refractivity contribution is -0.116. The van der Waals surface area contributed by atoms with Crippen LogP contribution in [0.3, 0.4) is 0 Å². The fraction of sp³-hybridized carbons (Fsp3) is 0.154. The van der Waals surface area contributed by atoms with Crippen LogP contribution in [-0.4, -0.2) is 22.9 Å². The first-order chi connectivity index (χ1) is 15.2. The van der Waals surface area contributed by atoms with Crippen LogP contribution >= 0.6 is 0 Å². The van der Waals surface area contributed by atoms with E-state index in [1.54, 1.807) is 24.3 Å². The van der Waals surface area contributed by atoms with Crippen LogP contribution in [0.4, 0.5) is 11.4 Å². The summed E-state index contributed by atoms with van der Waals surface area (Å²) in [5.41, 5.74) is 4.63. The average Bonchev–Trinajstić information content (AvgIpc) is 3.42. The quantitative estimate of drug-likeness (QED) is 0.511. The first-order valence-electron chi connectivity index (χ1n) is 10.5. The molecule has 1 N–H and O–H groups in total. The topological polar surface area (TPSA) is 54.3 Å². The number of aromatic nitrogens is 1. The molecule has 5 rings (SSSR count). The van der Waals surface area contributed by atoms with Crippen molar-refractivity contribution in [2.45, 2.75) is 19.4 Å². The Balaban J connectivity index is 1.20. The minimum absolute atomic E-state index is 0.0117. The lowest BCUT2D eigenvalue weighted by Gasteiger charge is -2.17. The first kappa shape index (κ1) is 19.1. The molecule has 2 heterocycles. The highest BCUT2D eigenvalue weighted by molar-refractivity contribution is 6.07. The Hall–Kier alpha value is -3.86. The Bertz CT molecular complexity index is 1260. The van der Waals surface area contributed by atoms with Gasteiger partial charge in [-0.2, -0.15) is 0 Å². The fourth-order valence-corrected chi connectivity index (χ4v) is 4.18.